The summed E-state index contributed by atoms with van der Waals surface area (Å²) >= 11 is 0. The van der Waals surface area contributed by atoms with Crippen molar-refractivity contribution in [1.29, 1.82) is 0 Å². The zero-order chi connectivity index (χ0) is 24.1. The fourth-order valence-electron chi connectivity index (χ4n) is 3.79. The maximum atomic E-state index is 14.0. The van der Waals surface area contributed by atoms with Crippen LogP contribution in [-0.2, 0) is 12.8 Å². The van der Waals surface area contributed by atoms with Crippen molar-refractivity contribution < 1.29 is 13.2 Å². The molecule has 0 saturated heterocycles. The molecule has 0 unspecified atom stereocenters. The van der Waals surface area contributed by atoms with Crippen molar-refractivity contribution >= 4 is 17.1 Å². The van der Waals surface area contributed by atoms with E-state index in [9.17, 15) is 13.2 Å². The van der Waals surface area contributed by atoms with E-state index >= 15 is 0 Å². The number of para-hydroxylation sites is 2. The number of nitrogens with one attached hydrogen (secondary N) is 1. The van der Waals surface area contributed by atoms with Crippen LogP contribution in [0.5, 0.6) is 0 Å². The molecule has 0 aromatic heterocycles. The third kappa shape index (κ3) is 6.24. The van der Waals surface area contributed by atoms with E-state index in [0.717, 1.165) is 34.0 Å². The lowest BCUT2D eigenvalue weighted by atomic mass is 9.92. The lowest BCUT2D eigenvalue weighted by Crippen LogP contribution is -2.22. The zero-order valence-electron chi connectivity index (χ0n) is 20.2. The van der Waals surface area contributed by atoms with Crippen LogP contribution in [0.25, 0.3) is 0 Å². The summed E-state index contributed by atoms with van der Waals surface area (Å²) < 4.78 is 42.0. The van der Waals surface area contributed by atoms with E-state index in [1.165, 1.54) is 0 Å². The molecule has 0 amide bonds. The second-order valence-corrected chi connectivity index (χ2v) is 8.70. The highest BCUT2D eigenvalue weighted by Crippen LogP contribution is 2.34. The lowest BCUT2D eigenvalue weighted by Gasteiger charge is -2.21. The number of allylic oxidation sites excluding steroid dienone is 2. The predicted molar refractivity (Wildman–Crippen MR) is 130 cm³/mol. The Bertz CT molecular complexity index is 934. The molecule has 2 aromatic rings. The van der Waals surface area contributed by atoms with E-state index < -0.39 is 11.9 Å². The van der Waals surface area contributed by atoms with Crippen LogP contribution in [0.3, 0.4) is 0 Å². The summed E-state index contributed by atoms with van der Waals surface area (Å²) in [7, 11) is 0. The predicted octanol–water partition coefficient (Wildman–Crippen LogP) is 8.71. The molecular formula is C27H35F3N2. The first-order valence-electron chi connectivity index (χ1n) is 11.3. The van der Waals surface area contributed by atoms with E-state index in [-0.39, 0.29) is 11.8 Å². The van der Waals surface area contributed by atoms with Gasteiger partial charge < -0.3 is 5.32 Å². The molecule has 5 heteroatoms. The normalized spacial score (nSPS) is 13.2. The Morgan fingerprint density at radius 3 is 1.78 bits per heavy atom. The number of aliphatic imine (C=N–C) groups is 1. The van der Waals surface area contributed by atoms with E-state index in [4.69, 9.17) is 0 Å². The number of aryl methyl sites for hydroxylation is 2. The molecule has 0 bridgehead atoms. The van der Waals surface area contributed by atoms with Gasteiger partial charge in [0.1, 0.15) is 5.71 Å². The Hall–Kier alpha value is -2.56. The van der Waals surface area contributed by atoms with E-state index in [1.807, 2.05) is 50.2 Å². The van der Waals surface area contributed by atoms with Crippen molar-refractivity contribution in [3.05, 3.63) is 70.4 Å². The summed E-state index contributed by atoms with van der Waals surface area (Å²) in [6.45, 7) is 13.9. The molecule has 0 spiro atoms. The van der Waals surface area contributed by atoms with Crippen LogP contribution >= 0.6 is 0 Å². The minimum Gasteiger partial charge on any atom is -0.359 e. The summed E-state index contributed by atoms with van der Waals surface area (Å²) in [5.41, 5.74) is 4.62. The number of rotatable bonds is 8. The summed E-state index contributed by atoms with van der Waals surface area (Å²) in [5.74, 6) is 0.478. The van der Waals surface area contributed by atoms with Gasteiger partial charge in [-0.2, -0.15) is 13.2 Å². The molecule has 0 aliphatic heterocycles. The van der Waals surface area contributed by atoms with Gasteiger partial charge in [-0.25, -0.2) is 4.99 Å². The van der Waals surface area contributed by atoms with Gasteiger partial charge >= 0.3 is 6.18 Å². The first kappa shape index (κ1) is 25.7. The average molecular weight is 445 g/mol. The first-order chi connectivity index (χ1) is 15.0. The van der Waals surface area contributed by atoms with Gasteiger partial charge in [0.25, 0.3) is 0 Å². The molecule has 0 aliphatic carbocycles. The maximum absolute atomic E-state index is 14.0. The molecule has 0 saturated carbocycles. The highest BCUT2D eigenvalue weighted by atomic mass is 19.4. The highest BCUT2D eigenvalue weighted by Gasteiger charge is 2.35. The topological polar surface area (TPSA) is 24.4 Å². The second-order valence-electron chi connectivity index (χ2n) is 8.70. The van der Waals surface area contributed by atoms with Crippen molar-refractivity contribution in [1.82, 2.24) is 0 Å². The summed E-state index contributed by atoms with van der Waals surface area (Å²) in [4.78, 5) is 4.14. The molecular weight excluding hydrogens is 409 g/mol. The minimum absolute atomic E-state index is 0.239. The number of benzene rings is 2. The van der Waals surface area contributed by atoms with Crippen LogP contribution in [0.15, 0.2) is 53.2 Å². The third-order valence-corrected chi connectivity index (χ3v) is 5.54. The number of nitrogens with zero attached hydrogens (tertiary/aromatic N) is 1. The lowest BCUT2D eigenvalue weighted by molar-refractivity contribution is -0.0576. The average Bonchev–Trinajstić information content (AvgIpc) is 2.72. The molecule has 174 valence electrons. The summed E-state index contributed by atoms with van der Waals surface area (Å²) in [5, 5.41) is 3.27. The van der Waals surface area contributed by atoms with Crippen molar-refractivity contribution in [2.75, 3.05) is 5.32 Å². The first-order valence-corrected chi connectivity index (χ1v) is 11.3. The van der Waals surface area contributed by atoms with Gasteiger partial charge in [0, 0.05) is 11.4 Å². The van der Waals surface area contributed by atoms with Gasteiger partial charge in [0.15, 0.2) is 0 Å². The molecule has 2 rings (SSSR count). The molecule has 0 heterocycles. The maximum Gasteiger partial charge on any atom is 0.433 e. The Morgan fingerprint density at radius 1 is 0.906 bits per heavy atom. The van der Waals surface area contributed by atoms with Gasteiger partial charge in [-0.1, -0.05) is 77.9 Å². The zero-order valence-corrected chi connectivity index (χ0v) is 20.2. The summed E-state index contributed by atoms with van der Waals surface area (Å²) in [6.07, 6.45) is -2.20. The molecule has 1 N–H and O–H groups in total. The number of anilines is 1. The number of hydrogen-bond acceptors (Lipinski definition) is 2. The van der Waals surface area contributed by atoms with Crippen LogP contribution in [0.4, 0.5) is 24.5 Å². The molecule has 0 atom stereocenters. The quantitative estimate of drug-likeness (QED) is 0.405. The van der Waals surface area contributed by atoms with Crippen LogP contribution in [0, 0.1) is 0 Å². The van der Waals surface area contributed by atoms with Crippen LogP contribution in [0.1, 0.15) is 82.6 Å². The van der Waals surface area contributed by atoms with Crippen LogP contribution in [0.2, 0.25) is 0 Å². The molecule has 0 fully saturated rings. The number of halogens is 3. The fraction of sp³-hybridized carbons (Fsp3) is 0.444. The fourth-order valence-corrected chi connectivity index (χ4v) is 3.79. The van der Waals surface area contributed by atoms with Crippen LogP contribution in [-0.4, -0.2) is 11.9 Å². The summed E-state index contributed by atoms with van der Waals surface area (Å²) in [6, 6.07) is 11.6. The standard InChI is InChI=1S/C27H35F3N2/c1-8-20-12-10-13-21(9-2)25(20)32-24(27(28,29)30)16-19(7)31-26-22(17(3)4)14-11-15-23(26)18(5)6/h10-18,31H,8-9H2,1-7H3/b19-16-,32-24?. The van der Waals surface area contributed by atoms with Crippen LogP contribution < -0.4 is 5.32 Å². The van der Waals surface area contributed by atoms with Gasteiger partial charge in [-0.3, -0.25) is 0 Å². The Morgan fingerprint density at radius 2 is 1.38 bits per heavy atom. The Kier molecular flexibility index (Phi) is 8.71. The third-order valence-electron chi connectivity index (χ3n) is 5.54. The van der Waals surface area contributed by atoms with Crippen molar-refractivity contribution in [3.8, 4) is 0 Å². The van der Waals surface area contributed by atoms with Crippen molar-refractivity contribution in [2.24, 2.45) is 4.99 Å². The monoisotopic (exact) mass is 444 g/mol. The molecule has 0 aliphatic rings. The molecule has 2 nitrogen and oxygen atoms in total. The van der Waals surface area contributed by atoms with E-state index in [2.05, 4.69) is 38.0 Å². The van der Waals surface area contributed by atoms with Gasteiger partial charge in [-0.05, 0) is 59.9 Å². The largest absolute Gasteiger partial charge is 0.433 e. The Balaban J connectivity index is 2.59. The minimum atomic E-state index is -4.56. The molecule has 2 aromatic carbocycles. The Labute approximate surface area is 190 Å². The number of hydrogen-bond donors (Lipinski definition) is 1. The SMILES string of the molecule is CCc1cccc(CC)c1N=C(/C=C(/C)Nc1c(C(C)C)cccc1C(C)C)C(F)(F)F. The van der Waals surface area contributed by atoms with Gasteiger partial charge in [0.05, 0.1) is 5.69 Å². The van der Waals surface area contributed by atoms with E-state index in [0.29, 0.717) is 24.2 Å². The van der Waals surface area contributed by atoms with Crippen molar-refractivity contribution in [3.63, 3.8) is 0 Å². The highest BCUT2D eigenvalue weighted by molar-refractivity contribution is 6.02. The van der Waals surface area contributed by atoms with E-state index in [1.54, 1.807) is 6.92 Å². The molecule has 32 heavy (non-hydrogen) atoms. The second kappa shape index (κ2) is 10.8. The van der Waals surface area contributed by atoms with Gasteiger partial charge in [-0.15, -0.1) is 0 Å². The number of alkyl halides is 3. The van der Waals surface area contributed by atoms with Gasteiger partial charge in [0.2, 0.25) is 0 Å². The smallest absolute Gasteiger partial charge is 0.359 e. The van der Waals surface area contributed by atoms with Crippen molar-refractivity contribution in [2.45, 2.75) is 79.3 Å². The molecule has 0 radical (unpaired) electrons.